The van der Waals surface area contributed by atoms with Gasteiger partial charge < -0.3 is 19.2 Å². The number of carbonyl (C=O) groups is 1. The Balaban J connectivity index is 1.54. The maximum absolute atomic E-state index is 13.1. The van der Waals surface area contributed by atoms with Crippen molar-refractivity contribution in [2.45, 2.75) is 98.3 Å². The summed E-state index contributed by atoms with van der Waals surface area (Å²) in [5.41, 5.74) is 7.62. The number of carbonyl (C=O) groups excluding carboxylic acids is 1. The summed E-state index contributed by atoms with van der Waals surface area (Å²) in [5.74, 6) is 0.134. The number of hydrogen-bond acceptors (Lipinski definition) is 2. The Bertz CT molecular complexity index is 1530. The molecule has 0 aliphatic carbocycles. The van der Waals surface area contributed by atoms with Gasteiger partial charge in [-0.15, -0.1) is 0 Å². The number of nitrogens with one attached hydrogen (secondary N) is 1. The Kier molecular flexibility index (Phi) is 13.3. The molecule has 0 bridgehead atoms. The van der Waals surface area contributed by atoms with E-state index in [2.05, 4.69) is 151 Å². The predicted molar refractivity (Wildman–Crippen MR) is 214 cm³/mol. The first-order valence-corrected chi connectivity index (χ1v) is 19.7. The molecule has 274 valence electrons. The molecule has 2 aromatic rings. The Morgan fingerprint density at radius 1 is 0.820 bits per heavy atom. The maximum atomic E-state index is 13.1. The third-order valence-corrected chi connectivity index (χ3v) is 12.1. The molecule has 1 N–H and O–H groups in total. The van der Waals surface area contributed by atoms with Crippen LogP contribution >= 0.6 is 0 Å². The number of amides is 1. The number of unbranched alkanes of at least 4 members (excludes halogenated alkanes) is 1. The van der Waals surface area contributed by atoms with Crippen molar-refractivity contribution in [2.75, 3.05) is 77.9 Å². The molecular weight excluding hydrogens is 615 g/mol. The minimum Gasteiger partial charge on any atom is -0.356 e. The third-order valence-electron chi connectivity index (χ3n) is 12.1. The van der Waals surface area contributed by atoms with Crippen LogP contribution in [0.2, 0.25) is 0 Å². The molecular formula is C44H70N5O+3. The van der Waals surface area contributed by atoms with E-state index in [0.29, 0.717) is 13.0 Å². The quantitative estimate of drug-likeness (QED) is 0.0918. The topological polar surface area (TPSA) is 35.4 Å². The smallest absolute Gasteiger partial charge is 0.221 e. The van der Waals surface area contributed by atoms with Crippen molar-refractivity contribution in [1.29, 1.82) is 0 Å². The van der Waals surface area contributed by atoms with Gasteiger partial charge in [0.1, 0.15) is 0 Å². The van der Waals surface area contributed by atoms with Crippen LogP contribution in [0.4, 0.5) is 11.4 Å². The van der Waals surface area contributed by atoms with Gasteiger partial charge in [-0.05, 0) is 58.7 Å². The van der Waals surface area contributed by atoms with Crippen LogP contribution in [0, 0.1) is 0 Å². The molecule has 0 saturated carbocycles. The minimum atomic E-state index is -0.167. The lowest BCUT2D eigenvalue weighted by Crippen LogP contribution is -2.48. The zero-order valence-electron chi connectivity index (χ0n) is 33.4. The maximum Gasteiger partial charge on any atom is 0.221 e. The lowest BCUT2D eigenvalue weighted by Gasteiger charge is -2.35. The number of quaternary nitrogens is 2. The number of allylic oxidation sites excluding steroid dienone is 4. The summed E-state index contributed by atoms with van der Waals surface area (Å²) in [6.07, 6.45) is 12.1. The monoisotopic (exact) mass is 685 g/mol. The van der Waals surface area contributed by atoms with Crippen LogP contribution in [0.15, 0.2) is 72.5 Å². The number of para-hydroxylation sites is 2. The second-order valence-corrected chi connectivity index (χ2v) is 16.4. The van der Waals surface area contributed by atoms with E-state index < -0.39 is 0 Å². The van der Waals surface area contributed by atoms with Crippen LogP contribution < -0.4 is 10.2 Å². The highest BCUT2D eigenvalue weighted by molar-refractivity contribution is 6.03. The van der Waals surface area contributed by atoms with E-state index in [0.717, 1.165) is 37.0 Å². The van der Waals surface area contributed by atoms with Gasteiger partial charge in [-0.2, -0.15) is 4.58 Å². The highest BCUT2D eigenvalue weighted by Gasteiger charge is 2.44. The Labute approximate surface area is 305 Å². The van der Waals surface area contributed by atoms with E-state index in [-0.39, 0.29) is 16.7 Å². The van der Waals surface area contributed by atoms with Crippen LogP contribution in [0.1, 0.15) is 98.6 Å². The van der Waals surface area contributed by atoms with E-state index in [4.69, 9.17) is 0 Å². The zero-order chi connectivity index (χ0) is 36.6. The number of benzene rings is 2. The lowest BCUT2D eigenvalue weighted by molar-refractivity contribution is -0.924. The second kappa shape index (κ2) is 16.9. The third kappa shape index (κ3) is 8.80. The summed E-state index contributed by atoms with van der Waals surface area (Å²) in [6.45, 7) is 28.1. The van der Waals surface area contributed by atoms with Gasteiger partial charge in [-0.1, -0.05) is 69.7 Å². The van der Waals surface area contributed by atoms with Gasteiger partial charge in [0.25, 0.3) is 0 Å². The molecule has 2 aromatic carbocycles. The number of nitrogens with zero attached hydrogens (tertiary/aromatic N) is 4. The molecule has 0 aromatic heterocycles. The summed E-state index contributed by atoms with van der Waals surface area (Å²) < 4.78 is 4.78. The zero-order valence-corrected chi connectivity index (χ0v) is 33.4. The van der Waals surface area contributed by atoms with Crippen molar-refractivity contribution in [3.05, 3.63) is 83.6 Å². The van der Waals surface area contributed by atoms with Crippen LogP contribution in [0.25, 0.3) is 0 Å². The Morgan fingerprint density at radius 3 is 2.14 bits per heavy atom. The second-order valence-electron chi connectivity index (χ2n) is 16.4. The van der Waals surface area contributed by atoms with Crippen LogP contribution in [-0.4, -0.2) is 98.2 Å². The summed E-state index contributed by atoms with van der Waals surface area (Å²) >= 11 is 0. The van der Waals surface area contributed by atoms with Crippen molar-refractivity contribution in [2.24, 2.45) is 0 Å². The molecule has 2 aliphatic rings. The van der Waals surface area contributed by atoms with Gasteiger partial charge in [-0.3, -0.25) is 4.79 Å². The molecule has 6 nitrogen and oxygen atoms in total. The van der Waals surface area contributed by atoms with Crippen LogP contribution in [-0.2, 0) is 15.6 Å². The summed E-state index contributed by atoms with van der Waals surface area (Å²) in [7, 11) is 4.59. The molecule has 6 heteroatoms. The average molecular weight is 685 g/mol. The first-order valence-electron chi connectivity index (χ1n) is 19.7. The Morgan fingerprint density at radius 2 is 1.46 bits per heavy atom. The van der Waals surface area contributed by atoms with Crippen molar-refractivity contribution in [1.82, 2.24) is 5.32 Å². The fourth-order valence-corrected chi connectivity index (χ4v) is 8.44. The molecule has 0 radical (unpaired) electrons. The largest absolute Gasteiger partial charge is 0.356 e. The van der Waals surface area contributed by atoms with E-state index in [1.165, 1.54) is 84.0 Å². The normalized spacial score (nSPS) is 17.6. The number of rotatable bonds is 19. The van der Waals surface area contributed by atoms with Crippen LogP contribution in [0.5, 0.6) is 0 Å². The van der Waals surface area contributed by atoms with Crippen molar-refractivity contribution in [3.8, 4) is 0 Å². The van der Waals surface area contributed by atoms with Gasteiger partial charge in [-0.25, -0.2) is 0 Å². The molecule has 50 heavy (non-hydrogen) atoms. The predicted octanol–water partition coefficient (Wildman–Crippen LogP) is 8.34. The molecule has 4 rings (SSSR count). The van der Waals surface area contributed by atoms with Gasteiger partial charge >= 0.3 is 0 Å². The molecule has 0 spiro atoms. The molecule has 0 fully saturated rings. The van der Waals surface area contributed by atoms with Gasteiger partial charge in [0.2, 0.25) is 11.6 Å². The fraction of sp³-hybridized carbons (Fsp3) is 0.591. The average Bonchev–Trinajstić information content (AvgIpc) is 3.45. The van der Waals surface area contributed by atoms with E-state index >= 15 is 0 Å². The van der Waals surface area contributed by atoms with Crippen molar-refractivity contribution >= 4 is 23.0 Å². The van der Waals surface area contributed by atoms with E-state index in [1.807, 2.05) is 0 Å². The molecule has 1 amide bonds. The Hall–Kier alpha value is -3.22. The van der Waals surface area contributed by atoms with Gasteiger partial charge in [0, 0.05) is 60.4 Å². The number of fused-ring (bicyclic) bond motifs is 2. The molecule has 2 heterocycles. The first kappa shape index (κ1) is 39.6. The standard InChI is InChI=1S/C44H69N5O/c1-11-15-33-48(9,10)34-21-30-45-42(50)29-32-47-39-26-19-17-24-37(39)44(7,8)41(47)28-20-27-40-43(5,6)36-23-16-18-25-38(36)46(40)31-22-35-49(12-2,13-3)14-4/h16-20,23-28H,11-15,21-22,29-35H2,1-10H3/q+2/p+1. The number of hydrogen-bond donors (Lipinski definition) is 1. The summed E-state index contributed by atoms with van der Waals surface area (Å²) in [6, 6.07) is 17.7. The first-order chi connectivity index (χ1) is 23.8. The highest BCUT2D eigenvalue weighted by atomic mass is 16.1. The summed E-state index contributed by atoms with van der Waals surface area (Å²) in [4.78, 5) is 15.5. The fourth-order valence-electron chi connectivity index (χ4n) is 8.44. The lowest BCUT2D eigenvalue weighted by atomic mass is 9.81. The van der Waals surface area contributed by atoms with Crippen molar-refractivity contribution in [3.63, 3.8) is 0 Å². The minimum absolute atomic E-state index is 0.0894. The van der Waals surface area contributed by atoms with Crippen LogP contribution in [0.3, 0.4) is 0 Å². The molecule has 0 unspecified atom stereocenters. The van der Waals surface area contributed by atoms with E-state index in [1.54, 1.807) is 0 Å². The van der Waals surface area contributed by atoms with Crippen molar-refractivity contribution < 1.29 is 18.3 Å². The SMILES string of the molecule is CCCC[N+](C)(C)CCCNC(=O)CCN1/C(=C/C=C/C2=[N+](CCC[N+](CC)(CC)CC)c3ccccc3C2(C)C)C(C)(C)c2ccccc21. The van der Waals surface area contributed by atoms with Gasteiger partial charge in [0.05, 0.1) is 65.2 Å². The highest BCUT2D eigenvalue weighted by Crippen LogP contribution is 2.47. The summed E-state index contributed by atoms with van der Waals surface area (Å²) in [5, 5.41) is 3.22. The molecule has 0 atom stereocenters. The number of anilines is 1. The molecule has 2 aliphatic heterocycles. The van der Waals surface area contributed by atoms with Gasteiger partial charge in [0.15, 0.2) is 12.3 Å². The van der Waals surface area contributed by atoms with E-state index in [9.17, 15) is 4.79 Å². The molecule has 0 saturated heterocycles.